The predicted octanol–water partition coefficient (Wildman–Crippen LogP) is 3.76. The maximum Gasteiger partial charge on any atom is 0.224 e. The van der Waals surface area contributed by atoms with Crippen molar-refractivity contribution in [2.24, 2.45) is 0 Å². The highest BCUT2D eigenvalue weighted by molar-refractivity contribution is 5.93. The highest BCUT2D eigenvalue weighted by Gasteiger charge is 2.09. The van der Waals surface area contributed by atoms with E-state index in [1.54, 1.807) is 0 Å². The molecule has 1 aromatic heterocycles. The van der Waals surface area contributed by atoms with Gasteiger partial charge in [0, 0.05) is 23.8 Å². The zero-order valence-electron chi connectivity index (χ0n) is 13.1. The summed E-state index contributed by atoms with van der Waals surface area (Å²) in [6.07, 6.45) is 8.65. The lowest BCUT2D eigenvalue weighted by molar-refractivity contribution is -0.116. The average Bonchev–Trinajstić information content (AvgIpc) is 3.00. The minimum atomic E-state index is 0.115. The van der Waals surface area contributed by atoms with Crippen molar-refractivity contribution in [1.82, 2.24) is 9.88 Å². The summed E-state index contributed by atoms with van der Waals surface area (Å²) in [5, 5.41) is 4.16. The van der Waals surface area contributed by atoms with Crippen molar-refractivity contribution in [2.45, 2.75) is 38.5 Å². The van der Waals surface area contributed by atoms with E-state index in [0.29, 0.717) is 6.42 Å². The Kier molecular flexibility index (Phi) is 5.11. The monoisotopic (exact) mass is 299 g/mol. The van der Waals surface area contributed by atoms with Crippen molar-refractivity contribution >= 4 is 22.5 Å². The molecule has 1 fully saturated rings. The van der Waals surface area contributed by atoms with Gasteiger partial charge in [-0.1, -0.05) is 12.5 Å². The number of piperidine rings is 1. The molecule has 0 unspecified atom stereocenters. The number of aromatic nitrogens is 1. The molecular weight excluding hydrogens is 274 g/mol. The first-order valence-corrected chi connectivity index (χ1v) is 8.41. The Morgan fingerprint density at radius 3 is 2.86 bits per heavy atom. The number of amides is 1. The normalized spacial score (nSPS) is 16.0. The summed E-state index contributed by atoms with van der Waals surface area (Å²) in [7, 11) is 0. The summed E-state index contributed by atoms with van der Waals surface area (Å²) in [6, 6.07) is 8.00. The third-order valence-electron chi connectivity index (χ3n) is 4.42. The zero-order chi connectivity index (χ0) is 15.2. The van der Waals surface area contributed by atoms with Crippen molar-refractivity contribution in [3.63, 3.8) is 0 Å². The lowest BCUT2D eigenvalue weighted by Crippen LogP contribution is -2.30. The number of hydrogen-bond acceptors (Lipinski definition) is 2. The van der Waals surface area contributed by atoms with Crippen LogP contribution < -0.4 is 5.32 Å². The number of unbranched alkanes of at least 4 members (excludes halogenated alkanes) is 1. The molecule has 0 bridgehead atoms. The van der Waals surface area contributed by atoms with Crippen LogP contribution in [0.25, 0.3) is 10.9 Å². The van der Waals surface area contributed by atoms with E-state index < -0.39 is 0 Å². The van der Waals surface area contributed by atoms with E-state index in [2.05, 4.69) is 15.2 Å². The van der Waals surface area contributed by atoms with Gasteiger partial charge in [0.1, 0.15) is 0 Å². The summed E-state index contributed by atoms with van der Waals surface area (Å²) in [5.41, 5.74) is 1.93. The smallest absolute Gasteiger partial charge is 0.224 e. The first-order chi connectivity index (χ1) is 10.8. The van der Waals surface area contributed by atoms with Crippen LogP contribution in [-0.2, 0) is 4.79 Å². The SMILES string of the molecule is O=C(CCCCN1CCCCC1)Nc1ccc2cc[nH]c2c1. The first-order valence-electron chi connectivity index (χ1n) is 8.41. The van der Waals surface area contributed by atoms with Crippen LogP contribution in [0.1, 0.15) is 38.5 Å². The van der Waals surface area contributed by atoms with Gasteiger partial charge < -0.3 is 15.2 Å². The van der Waals surface area contributed by atoms with E-state index in [4.69, 9.17) is 0 Å². The van der Waals surface area contributed by atoms with Gasteiger partial charge in [0.2, 0.25) is 5.91 Å². The van der Waals surface area contributed by atoms with Crippen LogP contribution in [-0.4, -0.2) is 35.4 Å². The van der Waals surface area contributed by atoms with Gasteiger partial charge in [0.05, 0.1) is 0 Å². The Bertz CT molecular complexity index is 614. The number of anilines is 1. The average molecular weight is 299 g/mol. The van der Waals surface area contributed by atoms with Crippen molar-refractivity contribution in [3.8, 4) is 0 Å². The Morgan fingerprint density at radius 2 is 2.00 bits per heavy atom. The molecule has 3 rings (SSSR count). The molecule has 0 radical (unpaired) electrons. The van der Waals surface area contributed by atoms with Gasteiger partial charge in [0.25, 0.3) is 0 Å². The van der Waals surface area contributed by atoms with Gasteiger partial charge in [-0.15, -0.1) is 0 Å². The van der Waals surface area contributed by atoms with E-state index >= 15 is 0 Å². The van der Waals surface area contributed by atoms with Gasteiger partial charge in [-0.3, -0.25) is 4.79 Å². The van der Waals surface area contributed by atoms with Crippen LogP contribution >= 0.6 is 0 Å². The Labute approximate surface area is 131 Å². The lowest BCUT2D eigenvalue weighted by atomic mass is 10.1. The standard InChI is InChI=1S/C18H25N3O/c22-18(6-2-5-13-21-11-3-1-4-12-21)20-16-8-7-15-9-10-19-17(15)14-16/h7-10,14,19H,1-6,11-13H2,(H,20,22). The highest BCUT2D eigenvalue weighted by atomic mass is 16.1. The number of aromatic amines is 1. The third kappa shape index (κ3) is 4.10. The molecule has 0 saturated carbocycles. The van der Waals surface area contributed by atoms with Crippen LogP contribution in [0, 0.1) is 0 Å². The second-order valence-electron chi connectivity index (χ2n) is 6.19. The molecule has 2 aromatic rings. The largest absolute Gasteiger partial charge is 0.361 e. The number of likely N-dealkylation sites (tertiary alicyclic amines) is 1. The fraction of sp³-hybridized carbons (Fsp3) is 0.500. The van der Waals surface area contributed by atoms with E-state index in [9.17, 15) is 4.79 Å². The van der Waals surface area contributed by atoms with Gasteiger partial charge in [-0.2, -0.15) is 0 Å². The quantitative estimate of drug-likeness (QED) is 0.798. The topological polar surface area (TPSA) is 48.1 Å². The first kappa shape index (κ1) is 15.1. The molecule has 1 amide bonds. The number of carbonyl (C=O) groups is 1. The molecule has 1 aliphatic heterocycles. The molecule has 118 valence electrons. The van der Waals surface area contributed by atoms with Crippen molar-refractivity contribution in [3.05, 3.63) is 30.5 Å². The number of H-pyrrole nitrogens is 1. The van der Waals surface area contributed by atoms with Crippen LogP contribution in [0.15, 0.2) is 30.5 Å². The Balaban J connectivity index is 1.38. The summed E-state index contributed by atoms with van der Waals surface area (Å²) < 4.78 is 0. The minimum Gasteiger partial charge on any atom is -0.361 e. The van der Waals surface area contributed by atoms with Crippen molar-refractivity contribution in [2.75, 3.05) is 25.0 Å². The molecule has 4 heteroatoms. The highest BCUT2D eigenvalue weighted by Crippen LogP contribution is 2.18. The van der Waals surface area contributed by atoms with Crippen LogP contribution in [0.2, 0.25) is 0 Å². The molecule has 2 N–H and O–H groups in total. The number of fused-ring (bicyclic) bond motifs is 1. The predicted molar refractivity (Wildman–Crippen MR) is 91.1 cm³/mol. The van der Waals surface area contributed by atoms with Gasteiger partial charge in [0.15, 0.2) is 0 Å². The fourth-order valence-corrected chi connectivity index (χ4v) is 3.15. The summed E-state index contributed by atoms with van der Waals surface area (Å²) in [4.78, 5) is 17.7. The lowest BCUT2D eigenvalue weighted by Gasteiger charge is -2.26. The van der Waals surface area contributed by atoms with E-state index in [0.717, 1.165) is 30.6 Å². The van der Waals surface area contributed by atoms with E-state index in [1.807, 2.05) is 30.5 Å². The summed E-state index contributed by atoms with van der Waals surface area (Å²) >= 11 is 0. The van der Waals surface area contributed by atoms with Gasteiger partial charge in [-0.25, -0.2) is 0 Å². The minimum absolute atomic E-state index is 0.115. The summed E-state index contributed by atoms with van der Waals surface area (Å²) in [6.45, 7) is 3.62. The third-order valence-corrected chi connectivity index (χ3v) is 4.42. The van der Waals surface area contributed by atoms with Gasteiger partial charge >= 0.3 is 0 Å². The van der Waals surface area contributed by atoms with Crippen LogP contribution in [0.3, 0.4) is 0 Å². The van der Waals surface area contributed by atoms with E-state index in [1.165, 1.54) is 37.7 Å². The second kappa shape index (κ2) is 7.45. The zero-order valence-corrected chi connectivity index (χ0v) is 13.1. The van der Waals surface area contributed by atoms with Gasteiger partial charge in [-0.05, 0) is 68.9 Å². The van der Waals surface area contributed by atoms with Crippen LogP contribution in [0.5, 0.6) is 0 Å². The molecule has 0 spiro atoms. The second-order valence-corrected chi connectivity index (χ2v) is 6.19. The maximum atomic E-state index is 12.0. The number of nitrogens with one attached hydrogen (secondary N) is 2. The maximum absolute atomic E-state index is 12.0. The summed E-state index contributed by atoms with van der Waals surface area (Å²) in [5.74, 6) is 0.115. The molecule has 1 aromatic carbocycles. The molecule has 4 nitrogen and oxygen atoms in total. The molecule has 0 aliphatic carbocycles. The molecule has 1 aliphatic rings. The molecule has 2 heterocycles. The fourth-order valence-electron chi connectivity index (χ4n) is 3.15. The van der Waals surface area contributed by atoms with Crippen molar-refractivity contribution < 1.29 is 4.79 Å². The number of rotatable bonds is 6. The number of hydrogen-bond donors (Lipinski definition) is 2. The number of nitrogens with zero attached hydrogens (tertiary/aromatic N) is 1. The van der Waals surface area contributed by atoms with E-state index in [-0.39, 0.29) is 5.91 Å². The number of benzene rings is 1. The van der Waals surface area contributed by atoms with Crippen LogP contribution in [0.4, 0.5) is 5.69 Å². The molecule has 0 atom stereocenters. The number of carbonyl (C=O) groups excluding carboxylic acids is 1. The molecule has 1 saturated heterocycles. The van der Waals surface area contributed by atoms with Crippen molar-refractivity contribution in [1.29, 1.82) is 0 Å². The Morgan fingerprint density at radius 1 is 1.14 bits per heavy atom. The molecule has 22 heavy (non-hydrogen) atoms. The molecular formula is C18H25N3O. The Hall–Kier alpha value is -1.81.